The third-order valence-electron chi connectivity index (χ3n) is 9.50. The fourth-order valence-electron chi connectivity index (χ4n) is 6.67. The Morgan fingerprint density at radius 1 is 1.07 bits per heavy atom. The molecule has 5 rings (SSSR count). The highest BCUT2D eigenvalue weighted by Crippen LogP contribution is 2.35. The second-order valence-corrected chi connectivity index (χ2v) is 12.3. The largest absolute Gasteiger partial charge is 0.497 e. The number of halogens is 1. The summed E-state index contributed by atoms with van der Waals surface area (Å²) < 4.78 is 10.6. The highest BCUT2D eigenvalue weighted by atomic mass is 35.5. The molecular formula is C34H47ClN4O6. The predicted molar refractivity (Wildman–Crippen MR) is 173 cm³/mol. The molecule has 2 atom stereocenters. The number of benzene rings is 2. The van der Waals surface area contributed by atoms with E-state index >= 15 is 0 Å². The molecule has 3 heterocycles. The number of hydrogen-bond donors (Lipinski definition) is 3. The first kappa shape index (κ1) is 34.7. The molecule has 0 aromatic heterocycles. The zero-order chi connectivity index (χ0) is 31.1. The van der Waals surface area contributed by atoms with Gasteiger partial charge in [0.25, 0.3) is 5.91 Å². The normalized spacial score (nSPS) is 21.1. The second kappa shape index (κ2) is 15.9. The molecule has 3 aliphatic rings. The number of aliphatic hydroxyl groups excluding tert-OH is 1. The quantitative estimate of drug-likeness (QED) is 0.344. The van der Waals surface area contributed by atoms with Crippen molar-refractivity contribution in [1.82, 2.24) is 20.4 Å². The van der Waals surface area contributed by atoms with Crippen molar-refractivity contribution in [3.63, 3.8) is 0 Å². The number of nitrogens with one attached hydrogen (secondary N) is 2. The number of nitrogens with zero attached hydrogens (tertiary/aromatic N) is 2. The maximum Gasteiger partial charge on any atom is 0.251 e. The number of rotatable bonds is 11. The first-order valence-electron chi connectivity index (χ1n) is 16.0. The molecule has 10 nitrogen and oxygen atoms in total. The molecule has 45 heavy (non-hydrogen) atoms. The van der Waals surface area contributed by atoms with Gasteiger partial charge < -0.3 is 30.1 Å². The summed E-state index contributed by atoms with van der Waals surface area (Å²) in [6.45, 7) is 6.18. The lowest BCUT2D eigenvalue weighted by Gasteiger charge is -2.52. The molecule has 3 amide bonds. The van der Waals surface area contributed by atoms with E-state index in [0.717, 1.165) is 29.7 Å². The summed E-state index contributed by atoms with van der Waals surface area (Å²) in [4.78, 5) is 44.3. The summed E-state index contributed by atoms with van der Waals surface area (Å²) >= 11 is 0. The molecule has 1 spiro atoms. The third-order valence-corrected chi connectivity index (χ3v) is 9.50. The van der Waals surface area contributed by atoms with Crippen LogP contribution in [0.3, 0.4) is 0 Å². The smallest absolute Gasteiger partial charge is 0.251 e. The van der Waals surface area contributed by atoms with Gasteiger partial charge in [-0.15, -0.1) is 12.4 Å². The fourth-order valence-corrected chi connectivity index (χ4v) is 6.67. The van der Waals surface area contributed by atoms with E-state index in [-0.39, 0.29) is 36.0 Å². The summed E-state index contributed by atoms with van der Waals surface area (Å²) in [5, 5.41) is 17.0. The van der Waals surface area contributed by atoms with Gasteiger partial charge >= 0.3 is 0 Å². The van der Waals surface area contributed by atoms with Gasteiger partial charge in [0, 0.05) is 51.5 Å². The third kappa shape index (κ3) is 7.98. The zero-order valence-electron chi connectivity index (χ0n) is 26.3. The average molecular weight is 643 g/mol. The lowest BCUT2D eigenvalue weighted by molar-refractivity contribution is -0.166. The molecule has 0 saturated carbocycles. The van der Waals surface area contributed by atoms with Gasteiger partial charge in [-0.25, -0.2) is 0 Å². The van der Waals surface area contributed by atoms with Crippen LogP contribution in [0.4, 0.5) is 0 Å². The Bertz CT molecular complexity index is 1280. The first-order valence-corrected chi connectivity index (χ1v) is 16.0. The van der Waals surface area contributed by atoms with Crippen molar-refractivity contribution in [3.8, 4) is 5.75 Å². The molecule has 11 heteroatoms. The van der Waals surface area contributed by atoms with Gasteiger partial charge in [-0.3, -0.25) is 19.3 Å². The minimum Gasteiger partial charge on any atom is -0.497 e. The lowest BCUT2D eigenvalue weighted by Crippen LogP contribution is -2.75. The maximum atomic E-state index is 13.8. The van der Waals surface area contributed by atoms with E-state index in [9.17, 15) is 19.5 Å². The molecule has 0 radical (unpaired) electrons. The molecule has 0 bridgehead atoms. The SMILES string of the molecule is CCCCN1C(=O)[C@@H]([C@H](O)C2CCOCC2)NC(=O)C12CCN(Cc1ccc(C(=O)NCc3ccc(OC)cc3)cc1)CC2.Cl. The van der Waals surface area contributed by atoms with Gasteiger partial charge in [0.1, 0.15) is 17.3 Å². The molecule has 3 aliphatic heterocycles. The molecule has 0 aliphatic carbocycles. The topological polar surface area (TPSA) is 120 Å². The van der Waals surface area contributed by atoms with Crippen LogP contribution in [0.25, 0.3) is 0 Å². The minimum atomic E-state index is -0.913. The van der Waals surface area contributed by atoms with Gasteiger partial charge in [-0.05, 0) is 73.4 Å². The molecule has 3 fully saturated rings. The number of carbonyl (C=O) groups excluding carboxylic acids is 3. The summed E-state index contributed by atoms with van der Waals surface area (Å²) in [6.07, 6.45) is 3.27. The van der Waals surface area contributed by atoms with Gasteiger partial charge in [-0.2, -0.15) is 0 Å². The van der Waals surface area contributed by atoms with Crippen LogP contribution in [0.5, 0.6) is 5.75 Å². The van der Waals surface area contributed by atoms with Crippen molar-refractivity contribution in [2.75, 3.05) is 40.0 Å². The van der Waals surface area contributed by atoms with Crippen molar-refractivity contribution in [1.29, 1.82) is 0 Å². The number of unbranched alkanes of at least 4 members (excludes halogenated alkanes) is 1. The van der Waals surface area contributed by atoms with Crippen molar-refractivity contribution in [2.45, 2.75) is 76.2 Å². The van der Waals surface area contributed by atoms with Crippen LogP contribution in [0, 0.1) is 5.92 Å². The van der Waals surface area contributed by atoms with E-state index in [1.807, 2.05) is 48.5 Å². The van der Waals surface area contributed by atoms with E-state index in [2.05, 4.69) is 22.5 Å². The van der Waals surface area contributed by atoms with Crippen LogP contribution in [0.15, 0.2) is 48.5 Å². The number of aliphatic hydroxyl groups is 1. The standard InChI is InChI=1S/C34H46N4O6.ClH/c1-3-4-17-38-32(41)29(30(39)26-13-20-44-21-14-26)36-33(42)34(38)15-18-37(19-16-34)23-25-5-9-27(10-6-25)31(40)35-22-24-7-11-28(43-2)12-8-24;/h5-12,26,29-30,39H,3-4,13-23H2,1-2H3,(H,35,40)(H,36,42);1H/t29-,30-;/m1./s1. The Balaban J connectivity index is 0.00000461. The van der Waals surface area contributed by atoms with Crippen LogP contribution < -0.4 is 15.4 Å². The van der Waals surface area contributed by atoms with E-state index < -0.39 is 17.7 Å². The summed E-state index contributed by atoms with van der Waals surface area (Å²) in [5.41, 5.74) is 1.78. The van der Waals surface area contributed by atoms with Crippen molar-refractivity contribution in [2.24, 2.45) is 5.92 Å². The number of likely N-dealkylation sites (tertiary alicyclic amines) is 1. The number of carbonyl (C=O) groups is 3. The average Bonchev–Trinajstić information content (AvgIpc) is 3.07. The Morgan fingerprint density at radius 3 is 2.33 bits per heavy atom. The molecule has 0 unspecified atom stereocenters. The number of ether oxygens (including phenoxy) is 2. The lowest BCUT2D eigenvalue weighted by atomic mass is 9.79. The summed E-state index contributed by atoms with van der Waals surface area (Å²) in [6, 6.07) is 14.3. The van der Waals surface area contributed by atoms with Crippen LogP contribution in [0.1, 0.15) is 66.9 Å². The van der Waals surface area contributed by atoms with Crippen LogP contribution >= 0.6 is 12.4 Å². The Labute approximate surface area is 272 Å². The number of piperidine rings is 1. The van der Waals surface area contributed by atoms with Crippen LogP contribution in [-0.2, 0) is 27.4 Å². The molecule has 3 saturated heterocycles. The van der Waals surface area contributed by atoms with Crippen molar-refractivity contribution in [3.05, 3.63) is 65.2 Å². The molecule has 3 N–H and O–H groups in total. The fraction of sp³-hybridized carbons (Fsp3) is 0.559. The molecular weight excluding hydrogens is 596 g/mol. The zero-order valence-corrected chi connectivity index (χ0v) is 27.2. The monoisotopic (exact) mass is 642 g/mol. The Kier molecular flexibility index (Phi) is 12.2. The highest BCUT2D eigenvalue weighted by molar-refractivity contribution is 6.00. The van der Waals surface area contributed by atoms with Crippen molar-refractivity contribution >= 4 is 30.1 Å². The number of amides is 3. The summed E-state index contributed by atoms with van der Waals surface area (Å²) in [5.74, 6) is 0.277. The number of methoxy groups -OCH3 is 1. The molecule has 2 aromatic carbocycles. The van der Waals surface area contributed by atoms with E-state index in [1.54, 1.807) is 12.0 Å². The van der Waals surface area contributed by atoms with E-state index in [1.165, 1.54) is 0 Å². The van der Waals surface area contributed by atoms with Crippen LogP contribution in [0.2, 0.25) is 0 Å². The first-order chi connectivity index (χ1) is 21.3. The summed E-state index contributed by atoms with van der Waals surface area (Å²) in [7, 11) is 1.62. The Hall–Kier alpha value is -3.18. The predicted octanol–water partition coefficient (Wildman–Crippen LogP) is 3.30. The van der Waals surface area contributed by atoms with Crippen LogP contribution in [-0.4, -0.2) is 90.3 Å². The number of piperazine rings is 1. The van der Waals surface area contributed by atoms with E-state index in [4.69, 9.17) is 9.47 Å². The minimum absolute atomic E-state index is 0. The second-order valence-electron chi connectivity index (χ2n) is 12.3. The van der Waals surface area contributed by atoms with Gasteiger partial charge in [-0.1, -0.05) is 37.6 Å². The van der Waals surface area contributed by atoms with Gasteiger partial charge in [0.05, 0.1) is 13.2 Å². The number of hydrogen-bond acceptors (Lipinski definition) is 7. The Morgan fingerprint density at radius 2 is 1.71 bits per heavy atom. The molecule has 246 valence electrons. The van der Waals surface area contributed by atoms with Crippen molar-refractivity contribution < 1.29 is 29.0 Å². The maximum absolute atomic E-state index is 13.8. The van der Waals surface area contributed by atoms with Gasteiger partial charge in [0.2, 0.25) is 11.8 Å². The molecule has 2 aromatic rings. The highest BCUT2D eigenvalue weighted by Gasteiger charge is 2.55. The van der Waals surface area contributed by atoms with E-state index in [0.29, 0.717) is 77.2 Å². The van der Waals surface area contributed by atoms with Gasteiger partial charge in [0.15, 0.2) is 0 Å².